The zero-order valence-corrected chi connectivity index (χ0v) is 36.3. The molecule has 0 saturated heterocycles. The summed E-state index contributed by atoms with van der Waals surface area (Å²) in [5, 5.41) is 0. The first-order chi connectivity index (χ1) is 24.8. The Morgan fingerprint density at radius 3 is 0.660 bits per heavy atom. The number of unbranched alkanes of at least 4 members (excludes halogenated alkanes) is 38. The van der Waals surface area contributed by atoms with Gasteiger partial charge in [-0.25, -0.2) is 0 Å². The van der Waals surface area contributed by atoms with E-state index in [0.717, 1.165) is 0 Å². The minimum absolute atomic E-state index is 0.256. The molecule has 0 amide bonds. The van der Waals surface area contributed by atoms with E-state index in [9.17, 15) is 0 Å². The Bertz CT molecular complexity index is 547. The molecule has 1 unspecified atom stereocenters. The number of hydrogen-bond acceptors (Lipinski definition) is 1. The summed E-state index contributed by atoms with van der Waals surface area (Å²) in [6.45, 7) is 9.39. The van der Waals surface area contributed by atoms with E-state index >= 15 is 0 Å². The van der Waals surface area contributed by atoms with Crippen molar-refractivity contribution in [3.8, 4) is 0 Å². The second-order valence-electron chi connectivity index (χ2n) is 16.7. The average molecular weight is 725 g/mol. The van der Waals surface area contributed by atoms with Crippen LogP contribution in [0.5, 0.6) is 0 Å². The standard InChI is InChI=1S/C48H98ClN/c1-4-7-10-13-16-19-22-25-28-31-34-37-40-43-46-50(47-44-41-38-35-32-29-26-23-20-17-14-11-8-5-2)48(49)45-42-39-36-33-30-27-24-21-18-15-12-9-6-3/h48H,4-47H2,1-3H3. The molecule has 0 aromatic carbocycles. The predicted octanol–water partition coefficient (Wildman–Crippen LogP) is 18.3. The molecular formula is C48H98ClN. The van der Waals surface area contributed by atoms with Crippen molar-refractivity contribution in [2.24, 2.45) is 0 Å². The number of halogens is 1. The van der Waals surface area contributed by atoms with Crippen LogP contribution in [0, 0.1) is 0 Å². The molecule has 0 radical (unpaired) electrons. The number of rotatable bonds is 45. The van der Waals surface area contributed by atoms with Crippen LogP contribution in [0.1, 0.15) is 290 Å². The second-order valence-corrected chi connectivity index (χ2v) is 17.2. The molecule has 302 valence electrons. The van der Waals surface area contributed by atoms with E-state index in [1.165, 1.54) is 283 Å². The highest BCUT2D eigenvalue weighted by Crippen LogP contribution is 2.20. The van der Waals surface area contributed by atoms with Crippen LogP contribution in [-0.2, 0) is 0 Å². The molecule has 0 aliphatic carbocycles. The Morgan fingerprint density at radius 1 is 0.260 bits per heavy atom. The second kappa shape index (κ2) is 45.4. The van der Waals surface area contributed by atoms with Gasteiger partial charge in [0.05, 0.1) is 5.50 Å². The normalized spacial score (nSPS) is 12.4. The zero-order chi connectivity index (χ0) is 36.3. The molecule has 1 atom stereocenters. The molecule has 0 heterocycles. The first-order valence-electron chi connectivity index (χ1n) is 24.1. The van der Waals surface area contributed by atoms with Crippen LogP contribution in [0.3, 0.4) is 0 Å². The largest absolute Gasteiger partial charge is 0.287 e. The van der Waals surface area contributed by atoms with Crippen molar-refractivity contribution in [3.05, 3.63) is 0 Å². The zero-order valence-electron chi connectivity index (χ0n) is 35.5. The summed E-state index contributed by atoms with van der Waals surface area (Å²) in [7, 11) is 0. The van der Waals surface area contributed by atoms with Gasteiger partial charge in [-0.1, -0.05) is 271 Å². The van der Waals surface area contributed by atoms with Gasteiger partial charge >= 0.3 is 0 Å². The molecule has 0 fully saturated rings. The lowest BCUT2D eigenvalue weighted by Gasteiger charge is -2.27. The van der Waals surface area contributed by atoms with E-state index in [0.29, 0.717) is 0 Å². The first kappa shape index (κ1) is 50.2. The Labute approximate surface area is 324 Å². The molecule has 2 heteroatoms. The monoisotopic (exact) mass is 724 g/mol. The van der Waals surface area contributed by atoms with Gasteiger partial charge in [-0.2, -0.15) is 0 Å². The van der Waals surface area contributed by atoms with Crippen LogP contribution >= 0.6 is 11.6 Å². The van der Waals surface area contributed by atoms with Crippen LogP contribution in [0.2, 0.25) is 0 Å². The van der Waals surface area contributed by atoms with Crippen molar-refractivity contribution in [1.82, 2.24) is 4.90 Å². The highest BCUT2D eigenvalue weighted by atomic mass is 35.5. The molecule has 0 saturated carbocycles. The van der Waals surface area contributed by atoms with Gasteiger partial charge in [0.2, 0.25) is 0 Å². The molecule has 0 aliphatic rings. The summed E-state index contributed by atoms with van der Waals surface area (Å²) in [5.41, 5.74) is 0.256. The molecule has 0 spiro atoms. The van der Waals surface area contributed by atoms with Crippen molar-refractivity contribution >= 4 is 11.6 Å². The van der Waals surface area contributed by atoms with Crippen molar-refractivity contribution in [2.75, 3.05) is 13.1 Å². The number of nitrogens with zero attached hydrogens (tertiary/aromatic N) is 1. The van der Waals surface area contributed by atoms with Gasteiger partial charge in [0, 0.05) is 0 Å². The third kappa shape index (κ3) is 41.0. The smallest absolute Gasteiger partial charge is 0.0850 e. The van der Waals surface area contributed by atoms with Gasteiger partial charge in [0.25, 0.3) is 0 Å². The summed E-state index contributed by atoms with van der Waals surface area (Å²) in [5.74, 6) is 0. The van der Waals surface area contributed by atoms with Gasteiger partial charge in [-0.3, -0.25) is 4.90 Å². The van der Waals surface area contributed by atoms with E-state index in [-0.39, 0.29) is 5.50 Å². The third-order valence-corrected chi connectivity index (χ3v) is 12.0. The van der Waals surface area contributed by atoms with Gasteiger partial charge < -0.3 is 0 Å². The van der Waals surface area contributed by atoms with E-state index in [4.69, 9.17) is 11.6 Å². The minimum Gasteiger partial charge on any atom is -0.287 e. The highest BCUT2D eigenvalue weighted by Gasteiger charge is 2.15. The summed E-state index contributed by atoms with van der Waals surface area (Å²) in [6.07, 6.45) is 60.0. The lowest BCUT2D eigenvalue weighted by Crippen LogP contribution is -2.33. The molecule has 0 aromatic heterocycles. The lowest BCUT2D eigenvalue weighted by molar-refractivity contribution is 0.228. The molecule has 0 aliphatic heterocycles. The Morgan fingerprint density at radius 2 is 0.440 bits per heavy atom. The SMILES string of the molecule is CCCCCCCCCCCCCCCCN(CCCCCCCCCCCCCCCC)C(Cl)CCCCCCCCCCCCCCC. The summed E-state index contributed by atoms with van der Waals surface area (Å²) in [6, 6.07) is 0. The van der Waals surface area contributed by atoms with Crippen molar-refractivity contribution < 1.29 is 0 Å². The molecule has 50 heavy (non-hydrogen) atoms. The first-order valence-corrected chi connectivity index (χ1v) is 24.6. The predicted molar refractivity (Wildman–Crippen MR) is 232 cm³/mol. The van der Waals surface area contributed by atoms with Gasteiger partial charge in [-0.15, -0.1) is 11.6 Å². The molecule has 0 aromatic rings. The van der Waals surface area contributed by atoms with Gasteiger partial charge in [-0.05, 0) is 32.4 Å². The fourth-order valence-corrected chi connectivity index (χ4v) is 8.27. The van der Waals surface area contributed by atoms with Crippen LogP contribution in [-0.4, -0.2) is 23.5 Å². The Hall–Kier alpha value is 0.250. The molecule has 0 rings (SSSR count). The summed E-state index contributed by atoms with van der Waals surface area (Å²) in [4.78, 5) is 2.68. The maximum atomic E-state index is 7.13. The van der Waals surface area contributed by atoms with Crippen LogP contribution < -0.4 is 0 Å². The van der Waals surface area contributed by atoms with E-state index in [1.807, 2.05) is 0 Å². The topological polar surface area (TPSA) is 3.24 Å². The molecule has 0 bridgehead atoms. The van der Waals surface area contributed by atoms with E-state index < -0.39 is 0 Å². The number of hydrogen-bond donors (Lipinski definition) is 0. The fourth-order valence-electron chi connectivity index (χ4n) is 7.92. The van der Waals surface area contributed by atoms with Crippen LogP contribution in [0.4, 0.5) is 0 Å². The molecule has 1 nitrogen and oxygen atoms in total. The van der Waals surface area contributed by atoms with Gasteiger partial charge in [0.15, 0.2) is 0 Å². The molecule has 0 N–H and O–H groups in total. The Balaban J connectivity index is 4.06. The number of alkyl halides is 1. The lowest BCUT2D eigenvalue weighted by atomic mass is 10.0. The fraction of sp³-hybridized carbons (Fsp3) is 1.00. The van der Waals surface area contributed by atoms with Crippen molar-refractivity contribution in [1.29, 1.82) is 0 Å². The van der Waals surface area contributed by atoms with Gasteiger partial charge in [0.1, 0.15) is 0 Å². The van der Waals surface area contributed by atoms with Crippen LogP contribution in [0.15, 0.2) is 0 Å². The minimum atomic E-state index is 0.256. The summed E-state index contributed by atoms with van der Waals surface area (Å²) < 4.78 is 0. The van der Waals surface area contributed by atoms with Crippen LogP contribution in [0.25, 0.3) is 0 Å². The Kier molecular flexibility index (Phi) is 45.6. The van der Waals surface area contributed by atoms with E-state index in [2.05, 4.69) is 25.7 Å². The third-order valence-electron chi connectivity index (χ3n) is 11.5. The van der Waals surface area contributed by atoms with E-state index in [1.54, 1.807) is 0 Å². The van der Waals surface area contributed by atoms with Crippen molar-refractivity contribution in [3.63, 3.8) is 0 Å². The maximum Gasteiger partial charge on any atom is 0.0850 e. The highest BCUT2D eigenvalue weighted by molar-refractivity contribution is 6.20. The quantitative estimate of drug-likeness (QED) is 0.0343. The molecular weight excluding hydrogens is 626 g/mol. The summed E-state index contributed by atoms with van der Waals surface area (Å²) >= 11 is 7.13. The maximum absolute atomic E-state index is 7.13. The average Bonchev–Trinajstić information content (AvgIpc) is 3.12. The van der Waals surface area contributed by atoms with Crippen molar-refractivity contribution in [2.45, 2.75) is 296 Å².